The lowest BCUT2D eigenvalue weighted by Crippen LogP contribution is -2.27. The number of hydrazone groups is 1. The van der Waals surface area contributed by atoms with Crippen molar-refractivity contribution < 1.29 is 8.42 Å². The fraction of sp³-hybridized carbons (Fsp3) is 0.345. The summed E-state index contributed by atoms with van der Waals surface area (Å²) in [6, 6.07) is 22.4. The minimum atomic E-state index is -3.83. The lowest BCUT2D eigenvalue weighted by molar-refractivity contribution is 0.579. The summed E-state index contributed by atoms with van der Waals surface area (Å²) in [4.78, 5) is 2.70. The van der Waals surface area contributed by atoms with Crippen LogP contribution in [-0.4, -0.2) is 29.1 Å². The van der Waals surface area contributed by atoms with Crippen molar-refractivity contribution in [1.29, 1.82) is 0 Å². The molecule has 0 saturated carbocycles. The molecule has 1 atom stereocenters. The third kappa shape index (κ3) is 6.63. The summed E-state index contributed by atoms with van der Waals surface area (Å²) >= 11 is 0. The SMILES string of the molecule is CCCCCCC/C(=N\NS(=O)(=O)c1ccc(C)cc1)C(c1ccc(C)cc1)n1nnc2ccccc21. The second kappa shape index (κ2) is 12.1. The van der Waals surface area contributed by atoms with Crippen LogP contribution in [0.3, 0.4) is 0 Å². The van der Waals surface area contributed by atoms with E-state index < -0.39 is 16.1 Å². The third-order valence-corrected chi connectivity index (χ3v) is 7.73. The van der Waals surface area contributed by atoms with E-state index in [9.17, 15) is 8.42 Å². The van der Waals surface area contributed by atoms with E-state index in [1.165, 1.54) is 6.42 Å². The highest BCUT2D eigenvalue weighted by molar-refractivity contribution is 7.89. The molecule has 194 valence electrons. The second-order valence-corrected chi connectivity index (χ2v) is 11.2. The number of sulfonamides is 1. The van der Waals surface area contributed by atoms with Crippen LogP contribution in [0.4, 0.5) is 0 Å². The summed E-state index contributed by atoms with van der Waals surface area (Å²) in [6.45, 7) is 6.16. The van der Waals surface area contributed by atoms with Crippen LogP contribution in [0.2, 0.25) is 0 Å². The van der Waals surface area contributed by atoms with Crippen LogP contribution in [-0.2, 0) is 10.0 Å². The van der Waals surface area contributed by atoms with Crippen LogP contribution in [0, 0.1) is 13.8 Å². The Labute approximate surface area is 219 Å². The maximum atomic E-state index is 13.1. The molecule has 0 fully saturated rings. The van der Waals surface area contributed by atoms with E-state index in [1.807, 2.05) is 42.8 Å². The highest BCUT2D eigenvalue weighted by atomic mass is 32.2. The Morgan fingerprint density at radius 2 is 1.54 bits per heavy atom. The molecule has 0 spiro atoms. The molecule has 4 aromatic rings. The average molecular weight is 518 g/mol. The molecule has 37 heavy (non-hydrogen) atoms. The van der Waals surface area contributed by atoms with Gasteiger partial charge in [-0.05, 0) is 56.5 Å². The zero-order chi connectivity index (χ0) is 26.3. The highest BCUT2D eigenvalue weighted by Crippen LogP contribution is 2.27. The highest BCUT2D eigenvalue weighted by Gasteiger charge is 2.25. The normalized spacial score (nSPS) is 13.1. The Hall–Kier alpha value is -3.52. The van der Waals surface area contributed by atoms with Crippen molar-refractivity contribution in [3.8, 4) is 0 Å². The standard InChI is InChI=1S/C29H35N5O2S/c1-4-5-6-7-8-12-27(31-33-37(35,36)25-20-16-23(3)17-21-25)29(24-18-14-22(2)15-19-24)34-28-13-10-9-11-26(28)30-32-34/h9-11,13-21,29,33H,4-8,12H2,1-3H3/b31-27+. The lowest BCUT2D eigenvalue weighted by atomic mass is 9.96. The van der Waals surface area contributed by atoms with Crippen LogP contribution in [0.25, 0.3) is 11.0 Å². The summed E-state index contributed by atoms with van der Waals surface area (Å²) in [7, 11) is -3.83. The molecule has 0 amide bonds. The van der Waals surface area contributed by atoms with Gasteiger partial charge in [0, 0.05) is 0 Å². The number of fused-ring (bicyclic) bond motifs is 1. The van der Waals surface area contributed by atoms with Crippen LogP contribution in [0.1, 0.15) is 68.2 Å². The minimum absolute atomic E-state index is 0.183. The van der Waals surface area contributed by atoms with Crippen molar-refractivity contribution in [3.05, 3.63) is 89.5 Å². The number of hydrogen-bond acceptors (Lipinski definition) is 5. The molecule has 0 bridgehead atoms. The summed E-state index contributed by atoms with van der Waals surface area (Å²) in [5, 5.41) is 13.4. The maximum absolute atomic E-state index is 13.1. The fourth-order valence-corrected chi connectivity index (χ4v) is 5.19. The number of unbranched alkanes of at least 4 members (excludes halogenated alkanes) is 4. The predicted molar refractivity (Wildman–Crippen MR) is 149 cm³/mol. The molecule has 1 N–H and O–H groups in total. The molecular formula is C29H35N5O2S. The van der Waals surface area contributed by atoms with Gasteiger partial charge in [-0.15, -0.1) is 5.10 Å². The number of aryl methyl sites for hydroxylation is 2. The second-order valence-electron chi connectivity index (χ2n) is 9.51. The van der Waals surface area contributed by atoms with Gasteiger partial charge in [-0.2, -0.15) is 13.5 Å². The number of benzene rings is 3. The first-order valence-corrected chi connectivity index (χ1v) is 14.4. The van der Waals surface area contributed by atoms with Gasteiger partial charge in [0.05, 0.1) is 16.1 Å². The molecule has 0 aliphatic carbocycles. The number of hydrogen-bond donors (Lipinski definition) is 1. The van der Waals surface area contributed by atoms with E-state index >= 15 is 0 Å². The maximum Gasteiger partial charge on any atom is 0.276 e. The van der Waals surface area contributed by atoms with Crippen LogP contribution >= 0.6 is 0 Å². The molecule has 4 rings (SSSR count). The van der Waals surface area contributed by atoms with Gasteiger partial charge in [0.15, 0.2) is 0 Å². The van der Waals surface area contributed by atoms with Gasteiger partial charge in [-0.1, -0.05) is 97.5 Å². The number of aromatic nitrogens is 3. The van der Waals surface area contributed by atoms with Crippen molar-refractivity contribution >= 4 is 26.8 Å². The number of nitrogens with one attached hydrogen (secondary N) is 1. The van der Waals surface area contributed by atoms with E-state index in [0.29, 0.717) is 12.1 Å². The third-order valence-electron chi connectivity index (χ3n) is 6.51. The number of para-hydroxylation sites is 1. The molecule has 8 heteroatoms. The van der Waals surface area contributed by atoms with Gasteiger partial charge in [0.25, 0.3) is 10.0 Å². The van der Waals surface area contributed by atoms with Crippen LogP contribution in [0.5, 0.6) is 0 Å². The van der Waals surface area contributed by atoms with Gasteiger partial charge in [0.1, 0.15) is 11.6 Å². The topological polar surface area (TPSA) is 89.2 Å². The molecule has 0 aliphatic heterocycles. The van der Waals surface area contributed by atoms with Gasteiger partial charge < -0.3 is 0 Å². The van der Waals surface area contributed by atoms with Crippen molar-refractivity contribution in [2.75, 3.05) is 0 Å². The van der Waals surface area contributed by atoms with E-state index in [0.717, 1.165) is 53.4 Å². The Morgan fingerprint density at radius 1 is 0.892 bits per heavy atom. The predicted octanol–water partition coefficient (Wildman–Crippen LogP) is 6.33. The van der Waals surface area contributed by atoms with Crippen LogP contribution in [0.15, 0.2) is 82.8 Å². The monoisotopic (exact) mass is 517 g/mol. The average Bonchev–Trinajstić information content (AvgIpc) is 3.32. The molecule has 7 nitrogen and oxygen atoms in total. The zero-order valence-electron chi connectivity index (χ0n) is 21.8. The number of nitrogens with zero attached hydrogens (tertiary/aromatic N) is 4. The smallest absolute Gasteiger partial charge is 0.231 e. The molecule has 1 aromatic heterocycles. The number of rotatable bonds is 12. The molecule has 3 aromatic carbocycles. The summed E-state index contributed by atoms with van der Waals surface area (Å²) in [5.41, 5.74) is 5.46. The first kappa shape index (κ1) is 26.5. The van der Waals surface area contributed by atoms with E-state index in [-0.39, 0.29) is 4.90 Å². The molecule has 1 heterocycles. The zero-order valence-corrected chi connectivity index (χ0v) is 22.6. The van der Waals surface area contributed by atoms with Crippen molar-refractivity contribution in [2.45, 2.75) is 70.2 Å². The largest absolute Gasteiger partial charge is 0.276 e. The molecule has 0 aliphatic rings. The lowest BCUT2D eigenvalue weighted by Gasteiger charge is -2.21. The molecule has 0 radical (unpaired) electrons. The Balaban J connectivity index is 1.76. The first-order valence-electron chi connectivity index (χ1n) is 12.9. The van der Waals surface area contributed by atoms with E-state index in [2.05, 4.69) is 51.4 Å². The van der Waals surface area contributed by atoms with Gasteiger partial charge in [0.2, 0.25) is 0 Å². The van der Waals surface area contributed by atoms with Crippen LogP contribution < -0.4 is 4.83 Å². The summed E-state index contributed by atoms with van der Waals surface area (Å²) < 4.78 is 28.1. The van der Waals surface area contributed by atoms with Gasteiger partial charge in [-0.3, -0.25) is 0 Å². The van der Waals surface area contributed by atoms with Gasteiger partial charge in [-0.25, -0.2) is 9.51 Å². The van der Waals surface area contributed by atoms with Gasteiger partial charge >= 0.3 is 0 Å². The molecule has 1 unspecified atom stereocenters. The summed E-state index contributed by atoms with van der Waals surface area (Å²) in [6.07, 6.45) is 6.07. The Kier molecular flexibility index (Phi) is 8.71. The van der Waals surface area contributed by atoms with E-state index in [1.54, 1.807) is 24.3 Å². The van der Waals surface area contributed by atoms with Crippen molar-refractivity contribution in [2.24, 2.45) is 5.10 Å². The Bertz CT molecular complexity index is 1440. The Morgan fingerprint density at radius 3 is 2.24 bits per heavy atom. The first-order chi connectivity index (χ1) is 17.9. The summed E-state index contributed by atoms with van der Waals surface area (Å²) in [5.74, 6) is 0. The van der Waals surface area contributed by atoms with Crippen molar-refractivity contribution in [1.82, 2.24) is 19.8 Å². The minimum Gasteiger partial charge on any atom is -0.231 e. The van der Waals surface area contributed by atoms with Crippen molar-refractivity contribution in [3.63, 3.8) is 0 Å². The molecular weight excluding hydrogens is 482 g/mol. The fourth-order valence-electron chi connectivity index (χ4n) is 4.35. The van der Waals surface area contributed by atoms with E-state index in [4.69, 9.17) is 0 Å². The molecule has 0 saturated heterocycles. The quantitative estimate of drug-likeness (QED) is 0.135.